The lowest BCUT2D eigenvalue weighted by Crippen LogP contribution is -2.22. The summed E-state index contributed by atoms with van der Waals surface area (Å²) < 4.78 is 23.1. The highest BCUT2D eigenvalue weighted by atomic mass is 19.1. The summed E-state index contributed by atoms with van der Waals surface area (Å²) in [5, 5.41) is 0. The maximum absolute atomic E-state index is 12.6. The molecule has 0 unspecified atom stereocenters. The van der Waals surface area contributed by atoms with E-state index in [9.17, 15) is 9.18 Å². The number of Topliss-reactive ketones (excluding diaryl/α,β-unsaturated/α-hetero) is 1. The van der Waals surface area contributed by atoms with Crippen LogP contribution in [0, 0.1) is 5.82 Å². The lowest BCUT2D eigenvalue weighted by Gasteiger charge is -2.15. The molecule has 1 aromatic rings. The fourth-order valence-electron chi connectivity index (χ4n) is 1.33. The van der Waals surface area contributed by atoms with Gasteiger partial charge in [0.2, 0.25) is 0 Å². The van der Waals surface area contributed by atoms with E-state index < -0.39 is 12.1 Å². The highest BCUT2D eigenvalue weighted by Gasteiger charge is 2.16. The number of hydrogen-bond acceptors (Lipinski definition) is 4. The zero-order valence-electron chi connectivity index (χ0n) is 9.98. The third kappa shape index (κ3) is 4.58. The number of hydrogen-bond donors (Lipinski definition) is 0. The lowest BCUT2D eigenvalue weighted by atomic mass is 10.2. The van der Waals surface area contributed by atoms with Crippen LogP contribution in [0.2, 0.25) is 0 Å². The normalized spacial score (nSPS) is 10.8. The van der Waals surface area contributed by atoms with E-state index in [1.165, 1.54) is 12.1 Å². The zero-order valence-corrected chi connectivity index (χ0v) is 9.98. The quantitative estimate of drug-likeness (QED) is 0.542. The van der Waals surface area contributed by atoms with Crippen molar-refractivity contribution in [2.24, 2.45) is 0 Å². The van der Waals surface area contributed by atoms with Gasteiger partial charge in [0.05, 0.1) is 12.6 Å². The molecule has 1 heterocycles. The molecule has 0 radical (unpaired) electrons. The van der Waals surface area contributed by atoms with Gasteiger partial charge < -0.3 is 9.47 Å². The topological polar surface area (TPSA) is 48.4 Å². The highest BCUT2D eigenvalue weighted by molar-refractivity contribution is 5.94. The Hall–Kier alpha value is -1.33. The molecule has 94 valence electrons. The van der Waals surface area contributed by atoms with Crippen LogP contribution in [0.25, 0.3) is 0 Å². The summed E-state index contributed by atoms with van der Waals surface area (Å²) in [6, 6.07) is 2.56. The van der Waals surface area contributed by atoms with Crippen molar-refractivity contribution in [2.45, 2.75) is 26.6 Å². The average molecular weight is 241 g/mol. The van der Waals surface area contributed by atoms with Gasteiger partial charge >= 0.3 is 0 Å². The van der Waals surface area contributed by atoms with E-state index in [-0.39, 0.29) is 17.9 Å². The molecule has 0 amide bonds. The van der Waals surface area contributed by atoms with Gasteiger partial charge in [0, 0.05) is 13.2 Å². The molecule has 0 aliphatic rings. The van der Waals surface area contributed by atoms with Crippen LogP contribution in [0.4, 0.5) is 4.39 Å². The Morgan fingerprint density at radius 2 is 2.00 bits per heavy atom. The van der Waals surface area contributed by atoms with E-state index in [0.29, 0.717) is 13.2 Å². The Kier molecular flexibility index (Phi) is 5.72. The fraction of sp³-hybridized carbons (Fsp3) is 0.500. The van der Waals surface area contributed by atoms with Crippen LogP contribution in [-0.4, -0.2) is 30.3 Å². The predicted molar refractivity (Wildman–Crippen MR) is 60.2 cm³/mol. The van der Waals surface area contributed by atoms with Gasteiger partial charge in [-0.05, 0) is 26.0 Å². The summed E-state index contributed by atoms with van der Waals surface area (Å²) in [6.45, 7) is 4.59. The summed E-state index contributed by atoms with van der Waals surface area (Å²) >= 11 is 0. The summed E-state index contributed by atoms with van der Waals surface area (Å²) in [5.41, 5.74) is 0.218. The van der Waals surface area contributed by atoms with Gasteiger partial charge in [-0.2, -0.15) is 0 Å². The van der Waals surface area contributed by atoms with Crippen molar-refractivity contribution in [1.29, 1.82) is 0 Å². The first-order chi connectivity index (χ1) is 8.17. The van der Waals surface area contributed by atoms with Gasteiger partial charge in [0.1, 0.15) is 11.5 Å². The second-order valence-corrected chi connectivity index (χ2v) is 3.33. The molecule has 5 heteroatoms. The SMILES string of the molecule is CCOC(CC(=O)c1ccc(F)cn1)OCC. The van der Waals surface area contributed by atoms with Gasteiger partial charge in [0.15, 0.2) is 12.1 Å². The van der Waals surface area contributed by atoms with E-state index in [0.717, 1.165) is 6.20 Å². The molecule has 1 rings (SSSR count). The molecule has 1 aromatic heterocycles. The molecule has 0 N–H and O–H groups in total. The number of ether oxygens (including phenoxy) is 2. The van der Waals surface area contributed by atoms with Gasteiger partial charge in [-0.1, -0.05) is 0 Å². The molecule has 0 bridgehead atoms. The molecular formula is C12H16FNO3. The second-order valence-electron chi connectivity index (χ2n) is 3.33. The number of rotatable bonds is 7. The van der Waals surface area contributed by atoms with E-state index in [4.69, 9.17) is 9.47 Å². The molecule has 0 saturated carbocycles. The Morgan fingerprint density at radius 1 is 1.35 bits per heavy atom. The number of carbonyl (C=O) groups is 1. The van der Waals surface area contributed by atoms with Gasteiger partial charge in [-0.3, -0.25) is 9.78 Å². The monoisotopic (exact) mass is 241 g/mol. The van der Waals surface area contributed by atoms with Crippen LogP contribution < -0.4 is 0 Å². The highest BCUT2D eigenvalue weighted by Crippen LogP contribution is 2.08. The smallest absolute Gasteiger partial charge is 0.186 e. The van der Waals surface area contributed by atoms with E-state index in [1.54, 1.807) is 0 Å². The first-order valence-corrected chi connectivity index (χ1v) is 5.55. The minimum Gasteiger partial charge on any atom is -0.352 e. The van der Waals surface area contributed by atoms with Crippen molar-refractivity contribution in [3.63, 3.8) is 0 Å². The van der Waals surface area contributed by atoms with Crippen molar-refractivity contribution in [2.75, 3.05) is 13.2 Å². The third-order valence-corrected chi connectivity index (χ3v) is 2.07. The summed E-state index contributed by atoms with van der Waals surface area (Å²) in [6.07, 6.45) is 0.536. The minimum atomic E-state index is -0.565. The third-order valence-electron chi connectivity index (χ3n) is 2.07. The van der Waals surface area contributed by atoms with Crippen molar-refractivity contribution >= 4 is 5.78 Å². The van der Waals surface area contributed by atoms with E-state index >= 15 is 0 Å². The Bertz CT molecular complexity index is 347. The predicted octanol–water partition coefficient (Wildman–Crippen LogP) is 2.19. The molecular weight excluding hydrogens is 225 g/mol. The number of ketones is 1. The van der Waals surface area contributed by atoms with Crippen LogP contribution in [0.1, 0.15) is 30.8 Å². The lowest BCUT2D eigenvalue weighted by molar-refractivity contribution is -0.133. The van der Waals surface area contributed by atoms with Crippen molar-refractivity contribution in [3.8, 4) is 0 Å². The largest absolute Gasteiger partial charge is 0.352 e. The molecule has 0 fully saturated rings. The summed E-state index contributed by atoms with van der Waals surface area (Å²) in [4.78, 5) is 15.5. The molecule has 0 aliphatic carbocycles. The number of halogens is 1. The molecule has 0 atom stereocenters. The van der Waals surface area contributed by atoms with Crippen LogP contribution in [0.3, 0.4) is 0 Å². The minimum absolute atomic E-state index is 0.0836. The Labute approximate surface area is 99.8 Å². The average Bonchev–Trinajstić information content (AvgIpc) is 2.30. The molecule has 4 nitrogen and oxygen atoms in total. The van der Waals surface area contributed by atoms with E-state index in [2.05, 4.69) is 4.98 Å². The summed E-state index contributed by atoms with van der Waals surface area (Å²) in [5.74, 6) is -0.690. The van der Waals surface area contributed by atoms with E-state index in [1.807, 2.05) is 13.8 Å². The molecule has 0 spiro atoms. The van der Waals surface area contributed by atoms with Crippen molar-refractivity contribution < 1.29 is 18.7 Å². The number of pyridine rings is 1. The van der Waals surface area contributed by atoms with Crippen LogP contribution in [0.5, 0.6) is 0 Å². The molecule has 17 heavy (non-hydrogen) atoms. The van der Waals surface area contributed by atoms with Gasteiger partial charge in [-0.15, -0.1) is 0 Å². The number of carbonyl (C=O) groups excluding carboxylic acids is 1. The van der Waals surface area contributed by atoms with Crippen molar-refractivity contribution in [3.05, 3.63) is 29.8 Å². The molecule has 0 aromatic carbocycles. The van der Waals surface area contributed by atoms with Crippen LogP contribution in [0.15, 0.2) is 18.3 Å². The Balaban J connectivity index is 2.60. The maximum Gasteiger partial charge on any atom is 0.186 e. The van der Waals surface area contributed by atoms with Crippen molar-refractivity contribution in [1.82, 2.24) is 4.98 Å². The number of aromatic nitrogens is 1. The maximum atomic E-state index is 12.6. The standard InChI is InChI=1S/C12H16FNO3/c1-3-16-12(17-4-2)7-11(15)10-6-5-9(13)8-14-10/h5-6,8,12H,3-4,7H2,1-2H3. The van der Waals surface area contributed by atoms with Gasteiger partial charge in [-0.25, -0.2) is 4.39 Å². The first kappa shape index (κ1) is 13.7. The van der Waals surface area contributed by atoms with Crippen LogP contribution in [-0.2, 0) is 9.47 Å². The molecule has 0 saturated heterocycles. The zero-order chi connectivity index (χ0) is 12.7. The number of nitrogens with zero attached hydrogens (tertiary/aromatic N) is 1. The first-order valence-electron chi connectivity index (χ1n) is 5.55. The van der Waals surface area contributed by atoms with Crippen LogP contribution >= 0.6 is 0 Å². The fourth-order valence-corrected chi connectivity index (χ4v) is 1.33. The molecule has 0 aliphatic heterocycles. The summed E-state index contributed by atoms with van der Waals surface area (Å²) in [7, 11) is 0. The second kappa shape index (κ2) is 7.09. The Morgan fingerprint density at radius 3 is 2.47 bits per heavy atom. The van der Waals surface area contributed by atoms with Gasteiger partial charge in [0.25, 0.3) is 0 Å².